The number of para-hydroxylation sites is 3. The Morgan fingerprint density at radius 3 is 1.64 bits per heavy atom. The summed E-state index contributed by atoms with van der Waals surface area (Å²) in [5.41, 5.74) is 6.11. The predicted molar refractivity (Wildman–Crippen MR) is 230 cm³/mol. The molecule has 0 N–H and O–H groups in total. The summed E-state index contributed by atoms with van der Waals surface area (Å²) in [5, 5.41) is 2.12. The maximum Gasteiger partial charge on any atom is 0.238 e. The normalized spacial score (nSPS) is 14.3. The summed E-state index contributed by atoms with van der Waals surface area (Å²) in [7, 11) is 0. The van der Waals surface area contributed by atoms with Crippen LogP contribution in [-0.2, 0) is 0 Å². The van der Waals surface area contributed by atoms with E-state index in [-0.39, 0.29) is 52.9 Å². The fraction of sp³-hybridized carbons (Fsp3) is 0. The molecule has 8 aromatic carbocycles. The molecule has 11 rings (SSSR count). The van der Waals surface area contributed by atoms with Crippen molar-refractivity contribution in [1.29, 1.82) is 0 Å². The maximum absolute atomic E-state index is 9.72. The van der Waals surface area contributed by atoms with Gasteiger partial charge in [0.1, 0.15) is 0 Å². The Kier molecular flexibility index (Phi) is 5.25. The van der Waals surface area contributed by atoms with E-state index in [0.29, 0.717) is 38.1 Å². The lowest BCUT2D eigenvalue weighted by molar-refractivity contribution is 0.953. The van der Waals surface area contributed by atoms with Crippen LogP contribution in [-0.4, -0.2) is 24.1 Å². The van der Waals surface area contributed by atoms with Gasteiger partial charge < -0.3 is 4.57 Å². The van der Waals surface area contributed by atoms with Gasteiger partial charge in [0.2, 0.25) is 5.95 Å². The van der Waals surface area contributed by atoms with Gasteiger partial charge in [-0.2, -0.15) is 9.97 Å². The summed E-state index contributed by atoms with van der Waals surface area (Å²) in [6.07, 6.45) is 0. The second-order valence-electron chi connectivity index (χ2n) is 13.2. The summed E-state index contributed by atoms with van der Waals surface area (Å²) in [6.45, 7) is 0. The average molecular weight is 727 g/mol. The second-order valence-corrected chi connectivity index (χ2v) is 13.2. The summed E-state index contributed by atoms with van der Waals surface area (Å²) in [5.74, 6) is -0.899. The summed E-state index contributed by atoms with van der Waals surface area (Å²) in [4.78, 5) is 14.3. The van der Waals surface area contributed by atoms with E-state index in [2.05, 4.69) is 33.8 Å². The van der Waals surface area contributed by atoms with Gasteiger partial charge in [0.15, 0.2) is 11.6 Å². The molecule has 262 valence electrons. The van der Waals surface area contributed by atoms with Crippen LogP contribution in [0.3, 0.4) is 0 Å². The monoisotopic (exact) mass is 726 g/mol. The molecular weight excluding hydrogens is 683 g/mol. The van der Waals surface area contributed by atoms with E-state index in [4.69, 9.17) is 22.3 Å². The quantitative estimate of drug-likeness (QED) is 0.171. The van der Waals surface area contributed by atoms with Crippen molar-refractivity contribution in [1.82, 2.24) is 24.1 Å². The fourth-order valence-corrected chi connectivity index (χ4v) is 7.62. The number of fused-ring (bicyclic) bond motifs is 7. The molecular formula is C51H33N5. The van der Waals surface area contributed by atoms with E-state index < -0.39 is 42.3 Å². The van der Waals surface area contributed by atoms with E-state index >= 15 is 0 Å². The zero-order valence-electron chi connectivity index (χ0n) is 40.4. The first-order chi connectivity index (χ1) is 32.3. The highest BCUT2D eigenvalue weighted by molar-refractivity contribution is 6.24. The highest BCUT2D eigenvalue weighted by Crippen LogP contribution is 2.43. The van der Waals surface area contributed by atoms with E-state index in [9.17, 15) is 2.74 Å². The molecule has 56 heavy (non-hydrogen) atoms. The number of hydrogen-bond donors (Lipinski definition) is 0. The first-order valence-corrected chi connectivity index (χ1v) is 18.0. The van der Waals surface area contributed by atoms with E-state index in [1.165, 1.54) is 0 Å². The van der Waals surface area contributed by atoms with Gasteiger partial charge in [-0.25, -0.2) is 4.98 Å². The van der Waals surface area contributed by atoms with Gasteiger partial charge in [-0.1, -0.05) is 176 Å². The third-order valence-electron chi connectivity index (χ3n) is 10.0. The number of hydrogen-bond acceptors (Lipinski definition) is 3. The first kappa shape index (κ1) is 22.6. The van der Waals surface area contributed by atoms with Crippen LogP contribution < -0.4 is 0 Å². The molecule has 0 fully saturated rings. The van der Waals surface area contributed by atoms with Gasteiger partial charge >= 0.3 is 0 Å². The van der Waals surface area contributed by atoms with Crippen molar-refractivity contribution < 1.29 is 15.1 Å². The molecule has 0 aliphatic heterocycles. The Hall–Kier alpha value is -7.63. The van der Waals surface area contributed by atoms with Gasteiger partial charge in [-0.15, -0.1) is 0 Å². The molecule has 11 aromatic rings. The summed E-state index contributed by atoms with van der Waals surface area (Å²) >= 11 is 0. The van der Waals surface area contributed by atoms with Gasteiger partial charge in [0, 0.05) is 38.2 Å². The number of rotatable bonds is 6. The Labute approximate surface area is 338 Å². The largest absolute Gasteiger partial charge is 0.307 e. The molecule has 0 amide bonds. The molecule has 0 unspecified atom stereocenters. The summed E-state index contributed by atoms with van der Waals surface area (Å²) in [6, 6.07) is 37.4. The third-order valence-corrected chi connectivity index (χ3v) is 10.0. The van der Waals surface area contributed by atoms with Crippen LogP contribution >= 0.6 is 0 Å². The number of nitrogens with zero attached hydrogens (tertiary/aromatic N) is 5. The van der Waals surface area contributed by atoms with Crippen molar-refractivity contribution in [2.45, 2.75) is 0 Å². The van der Waals surface area contributed by atoms with Crippen LogP contribution in [0.4, 0.5) is 0 Å². The third kappa shape index (κ3) is 5.13. The Morgan fingerprint density at radius 2 is 0.929 bits per heavy atom. The minimum Gasteiger partial charge on any atom is -0.307 e. The van der Waals surface area contributed by atoms with Crippen LogP contribution in [0, 0.1) is 0 Å². The molecule has 5 heteroatoms. The van der Waals surface area contributed by atoms with Crippen LogP contribution in [0.15, 0.2) is 200 Å². The lowest BCUT2D eigenvalue weighted by Gasteiger charge is -2.16. The zero-order chi connectivity index (χ0) is 46.6. The molecule has 0 bridgehead atoms. The maximum atomic E-state index is 9.72. The molecule has 5 nitrogen and oxygen atoms in total. The van der Waals surface area contributed by atoms with Crippen molar-refractivity contribution in [2.75, 3.05) is 0 Å². The molecule has 3 aromatic heterocycles. The van der Waals surface area contributed by atoms with Crippen molar-refractivity contribution >= 4 is 43.6 Å². The standard InChI is InChI=1S/C51H33N5/c1-4-17-34(18-5-1)37-23-16-24-38(33-37)39-25-10-13-28-44(39)55-45-29-14-11-26-40(45)42-31-32-43-41-27-12-15-30-46(41)56(48(43)47(42)55)51-53-49(35-19-6-2-7-20-35)52-50(54-51)36-21-8-3-9-22-36/h1-33H/i2D,6D,7D,8D,9D,19D,20D,21D,22D,31D,32D. The number of benzene rings is 8. The lowest BCUT2D eigenvalue weighted by Crippen LogP contribution is -2.07. The van der Waals surface area contributed by atoms with Gasteiger partial charge in [0.05, 0.1) is 42.8 Å². The van der Waals surface area contributed by atoms with E-state index in [0.717, 1.165) is 39.5 Å². The fourth-order valence-electron chi connectivity index (χ4n) is 7.62. The minimum absolute atomic E-state index is 0.0204. The molecule has 0 atom stereocenters. The van der Waals surface area contributed by atoms with Crippen LogP contribution in [0.25, 0.3) is 100 Å². The molecule has 3 heterocycles. The molecule has 0 spiro atoms. The molecule has 0 radical (unpaired) electrons. The molecule has 0 saturated carbocycles. The van der Waals surface area contributed by atoms with Crippen molar-refractivity contribution in [3.63, 3.8) is 0 Å². The van der Waals surface area contributed by atoms with Crippen LogP contribution in [0.5, 0.6) is 0 Å². The lowest BCUT2D eigenvalue weighted by atomic mass is 9.98. The topological polar surface area (TPSA) is 48.5 Å². The average Bonchev–Trinajstić information content (AvgIpc) is 3.88. The minimum atomic E-state index is -0.638. The summed E-state index contributed by atoms with van der Waals surface area (Å²) < 4.78 is 101. The van der Waals surface area contributed by atoms with Crippen LogP contribution in [0.2, 0.25) is 0 Å². The first-order valence-electron chi connectivity index (χ1n) is 23.5. The van der Waals surface area contributed by atoms with E-state index in [1.807, 2.05) is 91.0 Å². The van der Waals surface area contributed by atoms with Gasteiger partial charge in [-0.05, 0) is 41.0 Å². The Balaban J connectivity index is 1.32. The molecule has 0 aliphatic rings. The SMILES string of the molecule is [2H]c1cc([2H])c([2H])c(-c2nc(-c3c([2H])c([2H])c([2H])c([2H])c3[2H])nc(-n3c4ccccc4c4c([2H])c([2H])c5c6ccccc6n(-c6ccccc6-c6cccc(-c7ccccc7)c6)c5c43)n2)c1[2H]. The van der Waals surface area contributed by atoms with Crippen LogP contribution in [0.1, 0.15) is 15.1 Å². The highest BCUT2D eigenvalue weighted by Gasteiger charge is 2.24. The zero-order valence-corrected chi connectivity index (χ0v) is 29.4. The predicted octanol–water partition coefficient (Wildman–Crippen LogP) is 12.7. The van der Waals surface area contributed by atoms with Gasteiger partial charge in [0.25, 0.3) is 0 Å². The molecule has 0 aliphatic carbocycles. The van der Waals surface area contributed by atoms with Gasteiger partial charge in [-0.3, -0.25) is 4.57 Å². The highest BCUT2D eigenvalue weighted by atomic mass is 15.2. The number of aromatic nitrogens is 5. The van der Waals surface area contributed by atoms with Crippen molar-refractivity contribution in [3.8, 4) is 56.7 Å². The van der Waals surface area contributed by atoms with E-state index in [1.54, 1.807) is 16.7 Å². The smallest absolute Gasteiger partial charge is 0.238 e. The van der Waals surface area contributed by atoms with Crippen molar-refractivity contribution in [3.05, 3.63) is 200 Å². The second kappa shape index (κ2) is 13.0. The Morgan fingerprint density at radius 1 is 0.375 bits per heavy atom. The van der Waals surface area contributed by atoms with Crippen molar-refractivity contribution in [2.24, 2.45) is 0 Å². The molecule has 0 saturated heterocycles. The Bertz CT molecular complexity index is 3850.